The second-order valence-corrected chi connectivity index (χ2v) is 6.64. The van der Waals surface area contributed by atoms with Crippen LogP contribution in [0.1, 0.15) is 16.8 Å². The zero-order valence-electron chi connectivity index (χ0n) is 14.2. The van der Waals surface area contributed by atoms with Crippen LogP contribution in [0.5, 0.6) is 0 Å². The lowest BCUT2D eigenvalue weighted by Gasteiger charge is -2.27. The number of furan rings is 1. The summed E-state index contributed by atoms with van der Waals surface area (Å²) in [6.45, 7) is 2.32. The van der Waals surface area contributed by atoms with Crippen molar-refractivity contribution in [3.8, 4) is 11.6 Å². The van der Waals surface area contributed by atoms with E-state index < -0.39 is 0 Å². The number of benzene rings is 1. The van der Waals surface area contributed by atoms with Crippen molar-refractivity contribution in [3.05, 3.63) is 76.0 Å². The summed E-state index contributed by atoms with van der Waals surface area (Å²) in [5.41, 5.74) is 3.99. The SMILES string of the molecule is O=c1[nH]c(-c2ccco2)nc2c1CCN(Cc1cccc3cc[nH]c13)C2. The normalized spacial score (nSPS) is 14.6. The molecule has 0 bridgehead atoms. The van der Waals surface area contributed by atoms with Crippen LogP contribution in [-0.4, -0.2) is 26.4 Å². The highest BCUT2D eigenvalue weighted by atomic mass is 16.3. The molecule has 6 heteroatoms. The number of hydrogen-bond donors (Lipinski definition) is 2. The van der Waals surface area contributed by atoms with Gasteiger partial charge in [-0.3, -0.25) is 9.69 Å². The summed E-state index contributed by atoms with van der Waals surface area (Å²) in [4.78, 5) is 25.6. The topological polar surface area (TPSA) is 77.9 Å². The van der Waals surface area contributed by atoms with E-state index >= 15 is 0 Å². The molecule has 1 aliphatic rings. The third kappa shape index (κ3) is 2.55. The quantitative estimate of drug-likeness (QED) is 0.598. The number of aromatic nitrogens is 3. The van der Waals surface area contributed by atoms with Gasteiger partial charge in [0.1, 0.15) is 0 Å². The van der Waals surface area contributed by atoms with Gasteiger partial charge in [-0.1, -0.05) is 18.2 Å². The second kappa shape index (κ2) is 6.00. The number of aromatic amines is 2. The van der Waals surface area contributed by atoms with Gasteiger partial charge in [-0.05, 0) is 35.6 Å². The fourth-order valence-corrected chi connectivity index (χ4v) is 3.68. The summed E-state index contributed by atoms with van der Waals surface area (Å²) in [6.07, 6.45) is 4.26. The summed E-state index contributed by atoms with van der Waals surface area (Å²) in [7, 11) is 0. The molecule has 0 unspecified atom stereocenters. The molecule has 4 heterocycles. The molecule has 26 heavy (non-hydrogen) atoms. The van der Waals surface area contributed by atoms with Crippen molar-refractivity contribution >= 4 is 10.9 Å². The van der Waals surface area contributed by atoms with Gasteiger partial charge in [0.25, 0.3) is 5.56 Å². The molecule has 0 atom stereocenters. The van der Waals surface area contributed by atoms with E-state index in [9.17, 15) is 4.79 Å². The molecule has 1 aliphatic heterocycles. The van der Waals surface area contributed by atoms with Crippen LogP contribution in [0, 0.1) is 0 Å². The number of rotatable bonds is 3. The second-order valence-electron chi connectivity index (χ2n) is 6.64. The molecule has 130 valence electrons. The molecule has 0 amide bonds. The summed E-state index contributed by atoms with van der Waals surface area (Å²) < 4.78 is 5.38. The van der Waals surface area contributed by atoms with Gasteiger partial charge in [0.15, 0.2) is 11.6 Å². The first-order chi connectivity index (χ1) is 12.8. The Morgan fingerprint density at radius 2 is 2.15 bits per heavy atom. The van der Waals surface area contributed by atoms with Crippen LogP contribution in [0.3, 0.4) is 0 Å². The van der Waals surface area contributed by atoms with Gasteiger partial charge in [0.05, 0.1) is 12.0 Å². The third-order valence-electron chi connectivity index (χ3n) is 4.97. The predicted molar refractivity (Wildman–Crippen MR) is 98.7 cm³/mol. The Balaban J connectivity index is 1.46. The Morgan fingerprint density at radius 1 is 1.19 bits per heavy atom. The van der Waals surface area contributed by atoms with E-state index in [4.69, 9.17) is 4.42 Å². The molecule has 0 saturated heterocycles. The maximum Gasteiger partial charge on any atom is 0.254 e. The highest BCUT2D eigenvalue weighted by Crippen LogP contribution is 2.23. The largest absolute Gasteiger partial charge is 0.461 e. The van der Waals surface area contributed by atoms with E-state index in [0.717, 1.165) is 24.3 Å². The van der Waals surface area contributed by atoms with Crippen LogP contribution >= 0.6 is 0 Å². The minimum absolute atomic E-state index is 0.0625. The van der Waals surface area contributed by atoms with Crippen LogP contribution in [0.15, 0.2) is 58.1 Å². The van der Waals surface area contributed by atoms with Crippen molar-refractivity contribution < 1.29 is 4.42 Å². The molecule has 0 fully saturated rings. The van der Waals surface area contributed by atoms with Gasteiger partial charge in [0, 0.05) is 36.9 Å². The minimum atomic E-state index is -0.0625. The van der Waals surface area contributed by atoms with Crippen molar-refractivity contribution in [2.75, 3.05) is 6.54 Å². The van der Waals surface area contributed by atoms with Crippen LogP contribution < -0.4 is 5.56 Å². The molecular formula is C20H18N4O2. The summed E-state index contributed by atoms with van der Waals surface area (Å²) >= 11 is 0. The molecule has 0 radical (unpaired) electrons. The molecule has 0 aliphatic carbocycles. The molecule has 4 aromatic rings. The fraction of sp³-hybridized carbons (Fsp3) is 0.200. The lowest BCUT2D eigenvalue weighted by atomic mass is 10.0. The standard InChI is InChI=1S/C20H18N4O2/c25-20-15-7-9-24(11-14-4-1-3-13-6-8-21-18(13)14)12-16(15)22-19(23-20)17-5-2-10-26-17/h1-6,8,10,21H,7,9,11-12H2,(H,22,23,25). The Labute approximate surface area is 149 Å². The van der Waals surface area contributed by atoms with E-state index in [1.54, 1.807) is 18.4 Å². The monoisotopic (exact) mass is 346 g/mol. The number of nitrogens with one attached hydrogen (secondary N) is 2. The van der Waals surface area contributed by atoms with Crippen molar-refractivity contribution in [2.45, 2.75) is 19.5 Å². The summed E-state index contributed by atoms with van der Waals surface area (Å²) in [5.74, 6) is 1.07. The number of para-hydroxylation sites is 1. The van der Waals surface area contributed by atoms with Gasteiger partial charge >= 0.3 is 0 Å². The average Bonchev–Trinajstić information content (AvgIpc) is 3.34. The Kier molecular flexibility index (Phi) is 3.50. The van der Waals surface area contributed by atoms with Crippen molar-refractivity contribution in [3.63, 3.8) is 0 Å². The van der Waals surface area contributed by atoms with Crippen molar-refractivity contribution in [2.24, 2.45) is 0 Å². The predicted octanol–water partition coefficient (Wildman–Crippen LogP) is 3.07. The lowest BCUT2D eigenvalue weighted by molar-refractivity contribution is 0.241. The van der Waals surface area contributed by atoms with E-state index in [1.165, 1.54) is 16.5 Å². The first-order valence-electron chi connectivity index (χ1n) is 8.71. The summed E-state index contributed by atoms with van der Waals surface area (Å²) in [6, 6.07) is 12.0. The Bertz CT molecular complexity index is 1120. The van der Waals surface area contributed by atoms with Gasteiger partial charge in [-0.15, -0.1) is 0 Å². The zero-order valence-corrected chi connectivity index (χ0v) is 14.2. The molecule has 2 N–H and O–H groups in total. The van der Waals surface area contributed by atoms with E-state index in [-0.39, 0.29) is 5.56 Å². The highest BCUT2D eigenvalue weighted by molar-refractivity contribution is 5.82. The number of H-pyrrole nitrogens is 2. The van der Waals surface area contributed by atoms with E-state index in [2.05, 4.69) is 44.1 Å². The molecule has 6 nitrogen and oxygen atoms in total. The maximum atomic E-state index is 12.4. The van der Waals surface area contributed by atoms with Gasteiger partial charge in [-0.25, -0.2) is 4.98 Å². The Morgan fingerprint density at radius 3 is 3.04 bits per heavy atom. The molecule has 1 aromatic carbocycles. The maximum absolute atomic E-state index is 12.4. The number of hydrogen-bond acceptors (Lipinski definition) is 4. The number of nitrogens with zero attached hydrogens (tertiary/aromatic N) is 2. The van der Waals surface area contributed by atoms with Gasteiger partial charge in [0.2, 0.25) is 0 Å². The molecule has 3 aromatic heterocycles. The van der Waals surface area contributed by atoms with Crippen LogP contribution in [0.25, 0.3) is 22.5 Å². The van der Waals surface area contributed by atoms with Crippen molar-refractivity contribution in [1.82, 2.24) is 19.9 Å². The fourth-order valence-electron chi connectivity index (χ4n) is 3.68. The molecule has 5 rings (SSSR count). The van der Waals surface area contributed by atoms with Gasteiger partial charge < -0.3 is 14.4 Å². The number of fused-ring (bicyclic) bond motifs is 2. The minimum Gasteiger partial charge on any atom is -0.461 e. The third-order valence-corrected chi connectivity index (χ3v) is 4.97. The van der Waals surface area contributed by atoms with Crippen LogP contribution in [0.4, 0.5) is 0 Å². The Hall–Kier alpha value is -3.12. The van der Waals surface area contributed by atoms with Crippen LogP contribution in [-0.2, 0) is 19.5 Å². The van der Waals surface area contributed by atoms with Crippen molar-refractivity contribution in [1.29, 1.82) is 0 Å². The first-order valence-corrected chi connectivity index (χ1v) is 8.71. The summed E-state index contributed by atoms with van der Waals surface area (Å²) in [5, 5.41) is 1.22. The van der Waals surface area contributed by atoms with E-state index in [1.807, 2.05) is 6.20 Å². The van der Waals surface area contributed by atoms with E-state index in [0.29, 0.717) is 24.6 Å². The zero-order chi connectivity index (χ0) is 17.5. The smallest absolute Gasteiger partial charge is 0.254 e. The average molecular weight is 346 g/mol. The lowest BCUT2D eigenvalue weighted by Crippen LogP contribution is -2.35. The first kappa shape index (κ1) is 15.2. The molecule has 0 spiro atoms. The van der Waals surface area contributed by atoms with Gasteiger partial charge in [-0.2, -0.15) is 0 Å². The molecule has 0 saturated carbocycles. The van der Waals surface area contributed by atoms with Crippen LogP contribution in [0.2, 0.25) is 0 Å². The molecular weight excluding hydrogens is 328 g/mol. The highest BCUT2D eigenvalue weighted by Gasteiger charge is 2.22.